The maximum Gasteiger partial charge on any atom is 0.206 e. The average molecular weight is 289 g/mol. The van der Waals surface area contributed by atoms with Crippen molar-refractivity contribution in [3.05, 3.63) is 47.5 Å². The molecule has 0 radical (unpaired) electrons. The standard InChI is InChI=1S/C15H13F2N3O/c1-8-3-4-9(16)12(5-8)20-13-7-14(21-2)10(17)6-11(13)19-15(20)18/h3-7H,1-2H3,(H2,18,19). The highest BCUT2D eigenvalue weighted by molar-refractivity contribution is 5.82. The third kappa shape index (κ3) is 2.08. The normalized spacial score (nSPS) is 11.0. The largest absolute Gasteiger partial charge is 0.494 e. The second kappa shape index (κ2) is 4.73. The lowest BCUT2D eigenvalue weighted by molar-refractivity contribution is 0.387. The van der Waals surface area contributed by atoms with Gasteiger partial charge in [0.15, 0.2) is 11.6 Å². The van der Waals surface area contributed by atoms with E-state index < -0.39 is 11.6 Å². The van der Waals surface area contributed by atoms with Crippen molar-refractivity contribution >= 4 is 17.0 Å². The number of benzene rings is 2. The van der Waals surface area contributed by atoms with Crippen LogP contribution in [0.3, 0.4) is 0 Å². The summed E-state index contributed by atoms with van der Waals surface area (Å²) in [7, 11) is 1.36. The van der Waals surface area contributed by atoms with E-state index in [2.05, 4.69) is 4.98 Å². The van der Waals surface area contributed by atoms with Crippen LogP contribution in [-0.2, 0) is 0 Å². The fraction of sp³-hybridized carbons (Fsp3) is 0.133. The van der Waals surface area contributed by atoms with Gasteiger partial charge in [0, 0.05) is 12.1 Å². The van der Waals surface area contributed by atoms with Crippen LogP contribution in [0.4, 0.5) is 14.7 Å². The molecule has 6 heteroatoms. The second-order valence-corrected chi connectivity index (χ2v) is 4.74. The van der Waals surface area contributed by atoms with E-state index in [1.54, 1.807) is 12.1 Å². The van der Waals surface area contributed by atoms with Crippen molar-refractivity contribution in [1.82, 2.24) is 9.55 Å². The summed E-state index contributed by atoms with van der Waals surface area (Å²) >= 11 is 0. The van der Waals surface area contributed by atoms with E-state index in [-0.39, 0.29) is 17.4 Å². The van der Waals surface area contributed by atoms with Crippen LogP contribution in [0.1, 0.15) is 5.56 Å². The lowest BCUT2D eigenvalue weighted by Gasteiger charge is -2.09. The Hall–Kier alpha value is -2.63. The number of ether oxygens (including phenoxy) is 1. The zero-order chi connectivity index (χ0) is 15.1. The first-order valence-corrected chi connectivity index (χ1v) is 6.29. The number of aromatic nitrogens is 2. The molecular weight excluding hydrogens is 276 g/mol. The molecule has 0 aliphatic heterocycles. The van der Waals surface area contributed by atoms with E-state index >= 15 is 0 Å². The Kier molecular flexibility index (Phi) is 3.01. The molecule has 2 N–H and O–H groups in total. The van der Waals surface area contributed by atoms with Gasteiger partial charge in [-0.3, -0.25) is 4.57 Å². The Labute approximate surface area is 119 Å². The lowest BCUT2D eigenvalue weighted by Crippen LogP contribution is -2.03. The van der Waals surface area contributed by atoms with Crippen LogP contribution in [0.5, 0.6) is 5.75 Å². The van der Waals surface area contributed by atoms with E-state index in [4.69, 9.17) is 10.5 Å². The van der Waals surface area contributed by atoms with E-state index in [1.165, 1.54) is 29.9 Å². The van der Waals surface area contributed by atoms with Crippen LogP contribution in [0, 0.1) is 18.6 Å². The molecule has 3 rings (SSSR count). The molecule has 0 aliphatic carbocycles. The fourth-order valence-corrected chi connectivity index (χ4v) is 2.30. The molecule has 0 fully saturated rings. The molecule has 2 aromatic carbocycles. The number of nitrogens with two attached hydrogens (primary N) is 1. The smallest absolute Gasteiger partial charge is 0.206 e. The van der Waals surface area contributed by atoms with Gasteiger partial charge in [-0.25, -0.2) is 13.8 Å². The van der Waals surface area contributed by atoms with Crippen molar-refractivity contribution in [2.24, 2.45) is 0 Å². The molecule has 0 saturated heterocycles. The van der Waals surface area contributed by atoms with Gasteiger partial charge in [0.05, 0.1) is 23.8 Å². The van der Waals surface area contributed by atoms with Gasteiger partial charge in [-0.05, 0) is 24.6 Å². The number of nitrogens with zero attached hydrogens (tertiary/aromatic N) is 2. The predicted octanol–water partition coefficient (Wildman–Crippen LogP) is 3.20. The Morgan fingerprint density at radius 2 is 1.90 bits per heavy atom. The second-order valence-electron chi connectivity index (χ2n) is 4.74. The summed E-state index contributed by atoms with van der Waals surface area (Å²) in [6.07, 6.45) is 0. The molecule has 4 nitrogen and oxygen atoms in total. The highest BCUT2D eigenvalue weighted by atomic mass is 19.1. The molecule has 21 heavy (non-hydrogen) atoms. The summed E-state index contributed by atoms with van der Waals surface area (Å²) in [6, 6.07) is 7.35. The van der Waals surface area contributed by atoms with E-state index in [1.807, 2.05) is 6.92 Å². The third-order valence-electron chi connectivity index (χ3n) is 3.30. The Bertz CT molecular complexity index is 843. The first-order chi connectivity index (χ1) is 10.0. The molecule has 0 aliphatic rings. The monoisotopic (exact) mass is 289 g/mol. The van der Waals surface area contributed by atoms with Crippen molar-refractivity contribution in [2.75, 3.05) is 12.8 Å². The number of rotatable bonds is 2. The van der Waals surface area contributed by atoms with Crippen LogP contribution >= 0.6 is 0 Å². The Balaban J connectivity index is 2.36. The number of halogens is 2. The molecule has 0 saturated carbocycles. The summed E-state index contributed by atoms with van der Waals surface area (Å²) in [5.41, 5.74) is 7.83. The molecule has 1 heterocycles. The highest BCUT2D eigenvalue weighted by Crippen LogP contribution is 2.30. The van der Waals surface area contributed by atoms with Crippen molar-refractivity contribution in [3.63, 3.8) is 0 Å². The van der Waals surface area contributed by atoms with Gasteiger partial charge in [-0.15, -0.1) is 0 Å². The van der Waals surface area contributed by atoms with Crippen molar-refractivity contribution in [3.8, 4) is 11.4 Å². The summed E-state index contributed by atoms with van der Waals surface area (Å²) < 4.78 is 34.2. The van der Waals surface area contributed by atoms with Crippen molar-refractivity contribution in [1.29, 1.82) is 0 Å². The lowest BCUT2D eigenvalue weighted by atomic mass is 10.2. The van der Waals surface area contributed by atoms with Crippen LogP contribution in [0.2, 0.25) is 0 Å². The quantitative estimate of drug-likeness (QED) is 0.788. The van der Waals surface area contributed by atoms with Gasteiger partial charge in [0.25, 0.3) is 0 Å². The number of nitrogen functional groups attached to an aromatic ring is 1. The van der Waals surface area contributed by atoms with Gasteiger partial charge in [-0.1, -0.05) is 6.07 Å². The summed E-state index contributed by atoms with van der Waals surface area (Å²) in [6.45, 7) is 1.85. The van der Waals surface area contributed by atoms with Crippen LogP contribution in [0.15, 0.2) is 30.3 Å². The number of imidazole rings is 1. The molecule has 0 bridgehead atoms. The first kappa shape index (κ1) is 13.4. The SMILES string of the molecule is COc1cc2c(cc1F)nc(N)n2-c1cc(C)ccc1F. The molecule has 1 aromatic heterocycles. The van der Waals surface area contributed by atoms with Crippen molar-refractivity contribution in [2.45, 2.75) is 6.92 Å². The predicted molar refractivity (Wildman–Crippen MR) is 76.7 cm³/mol. The zero-order valence-electron chi connectivity index (χ0n) is 11.5. The number of hydrogen-bond donors (Lipinski definition) is 1. The topological polar surface area (TPSA) is 53.1 Å². The molecule has 0 amide bonds. The van der Waals surface area contributed by atoms with Crippen LogP contribution in [-0.4, -0.2) is 16.7 Å². The molecule has 108 valence electrons. The molecular formula is C15H13F2N3O. The maximum atomic E-state index is 14.1. The van der Waals surface area contributed by atoms with Crippen LogP contribution < -0.4 is 10.5 Å². The molecule has 3 aromatic rings. The minimum Gasteiger partial charge on any atom is -0.494 e. The van der Waals surface area contributed by atoms with Gasteiger partial charge in [0.2, 0.25) is 5.95 Å². The van der Waals surface area contributed by atoms with Gasteiger partial charge in [-0.2, -0.15) is 0 Å². The number of aryl methyl sites for hydroxylation is 1. The van der Waals surface area contributed by atoms with E-state index in [9.17, 15) is 8.78 Å². The zero-order valence-corrected chi connectivity index (χ0v) is 11.5. The minimum absolute atomic E-state index is 0.0525. The molecule has 0 spiro atoms. The summed E-state index contributed by atoms with van der Waals surface area (Å²) in [5, 5.41) is 0. The van der Waals surface area contributed by atoms with Crippen LogP contribution in [0.25, 0.3) is 16.7 Å². The van der Waals surface area contributed by atoms with Gasteiger partial charge >= 0.3 is 0 Å². The third-order valence-corrected chi connectivity index (χ3v) is 3.30. The van der Waals surface area contributed by atoms with Gasteiger partial charge in [0.1, 0.15) is 5.82 Å². The van der Waals surface area contributed by atoms with E-state index in [0.29, 0.717) is 11.0 Å². The average Bonchev–Trinajstić information content (AvgIpc) is 2.75. The summed E-state index contributed by atoms with van der Waals surface area (Å²) in [5.74, 6) is -0.840. The summed E-state index contributed by atoms with van der Waals surface area (Å²) in [4.78, 5) is 4.08. The minimum atomic E-state index is -0.542. The first-order valence-electron chi connectivity index (χ1n) is 6.29. The van der Waals surface area contributed by atoms with Crippen molar-refractivity contribution < 1.29 is 13.5 Å². The number of anilines is 1. The van der Waals surface area contributed by atoms with E-state index in [0.717, 1.165) is 5.56 Å². The number of fused-ring (bicyclic) bond motifs is 1. The highest BCUT2D eigenvalue weighted by Gasteiger charge is 2.16. The Morgan fingerprint density at radius 3 is 2.62 bits per heavy atom. The molecule has 0 atom stereocenters. The molecule has 0 unspecified atom stereocenters. The van der Waals surface area contributed by atoms with Gasteiger partial charge < -0.3 is 10.5 Å². The number of methoxy groups -OCH3 is 1. The number of hydrogen-bond acceptors (Lipinski definition) is 3. The maximum absolute atomic E-state index is 14.1. The fourth-order valence-electron chi connectivity index (χ4n) is 2.30. The Morgan fingerprint density at radius 1 is 1.14 bits per heavy atom.